The Morgan fingerprint density at radius 2 is 2.29 bits per heavy atom. The van der Waals surface area contributed by atoms with Crippen LogP contribution in [0.15, 0.2) is 4.99 Å². The first-order valence-electron chi connectivity index (χ1n) is 5.44. The molecule has 0 aromatic heterocycles. The van der Waals surface area contributed by atoms with Crippen LogP contribution in [0.5, 0.6) is 0 Å². The summed E-state index contributed by atoms with van der Waals surface area (Å²) in [5.41, 5.74) is -0.580. The van der Waals surface area contributed by atoms with Gasteiger partial charge in [0.1, 0.15) is 0 Å². The average molecular weight is 375 g/mol. The van der Waals surface area contributed by atoms with Crippen molar-refractivity contribution in [3.63, 3.8) is 0 Å². The fraction of sp³-hybridized carbons (Fsp3) is 0.900. The standard InChI is InChI=1S/C10H21N3O2S.HI/c1-11-9(12-4-5-15-2)13-7-10(14)3-6-16-8-10;/h14H,3-8H2,1-2H3,(H2,11,12,13);1H. The number of nitrogens with zero attached hydrogens (tertiary/aromatic N) is 1. The number of nitrogens with one attached hydrogen (secondary N) is 2. The Hall–Kier alpha value is 0.270. The second kappa shape index (κ2) is 9.23. The van der Waals surface area contributed by atoms with E-state index in [-0.39, 0.29) is 24.0 Å². The minimum atomic E-state index is -0.580. The summed E-state index contributed by atoms with van der Waals surface area (Å²) in [5, 5.41) is 16.4. The molecule has 1 saturated heterocycles. The lowest BCUT2D eigenvalue weighted by Gasteiger charge is -2.23. The highest BCUT2D eigenvalue weighted by molar-refractivity contribution is 14.0. The van der Waals surface area contributed by atoms with E-state index < -0.39 is 5.60 Å². The number of rotatable bonds is 5. The van der Waals surface area contributed by atoms with Crippen LogP contribution in [0.25, 0.3) is 0 Å². The van der Waals surface area contributed by atoms with Gasteiger partial charge < -0.3 is 20.5 Å². The zero-order valence-electron chi connectivity index (χ0n) is 10.4. The predicted octanol–water partition coefficient (Wildman–Crippen LogP) is 0.284. The molecule has 1 heterocycles. The summed E-state index contributed by atoms with van der Waals surface area (Å²) < 4.78 is 4.94. The van der Waals surface area contributed by atoms with Crippen molar-refractivity contribution in [1.29, 1.82) is 0 Å². The van der Waals surface area contributed by atoms with E-state index in [4.69, 9.17) is 4.74 Å². The summed E-state index contributed by atoms with van der Waals surface area (Å²) in [7, 11) is 3.38. The summed E-state index contributed by atoms with van der Waals surface area (Å²) >= 11 is 1.79. The Labute approximate surface area is 124 Å². The van der Waals surface area contributed by atoms with Gasteiger partial charge in [-0.25, -0.2) is 0 Å². The van der Waals surface area contributed by atoms with Crippen LogP contribution < -0.4 is 10.6 Å². The van der Waals surface area contributed by atoms with Gasteiger partial charge in [-0.05, 0) is 12.2 Å². The number of guanidine groups is 1. The van der Waals surface area contributed by atoms with E-state index in [0.29, 0.717) is 25.7 Å². The molecule has 0 amide bonds. The normalized spacial score (nSPS) is 24.3. The van der Waals surface area contributed by atoms with Crippen molar-refractivity contribution in [2.45, 2.75) is 12.0 Å². The third kappa shape index (κ3) is 6.68. The van der Waals surface area contributed by atoms with Crippen LogP contribution in [-0.2, 0) is 4.74 Å². The van der Waals surface area contributed by atoms with Crippen LogP contribution in [0.3, 0.4) is 0 Å². The third-order valence-corrected chi connectivity index (χ3v) is 3.72. The van der Waals surface area contributed by atoms with Gasteiger partial charge in [0, 0.05) is 33.0 Å². The van der Waals surface area contributed by atoms with Crippen molar-refractivity contribution < 1.29 is 9.84 Å². The molecule has 1 aliphatic rings. The average Bonchev–Trinajstić information content (AvgIpc) is 2.71. The Kier molecular flexibility index (Phi) is 9.38. The lowest BCUT2D eigenvalue weighted by atomic mass is 10.0. The SMILES string of the molecule is CN=C(NCCOC)NCC1(O)CCSC1.I. The summed E-state index contributed by atoms with van der Waals surface area (Å²) in [4.78, 5) is 4.07. The number of hydrogen-bond donors (Lipinski definition) is 3. The number of hydrogen-bond acceptors (Lipinski definition) is 4. The molecule has 0 radical (unpaired) electrons. The molecule has 5 nitrogen and oxygen atoms in total. The first-order valence-corrected chi connectivity index (χ1v) is 6.59. The van der Waals surface area contributed by atoms with E-state index in [1.165, 1.54) is 0 Å². The van der Waals surface area contributed by atoms with Gasteiger partial charge in [0.2, 0.25) is 0 Å². The molecule has 1 rings (SSSR count). The van der Waals surface area contributed by atoms with Gasteiger partial charge in [0.05, 0.1) is 12.2 Å². The zero-order valence-corrected chi connectivity index (χ0v) is 13.5. The highest BCUT2D eigenvalue weighted by atomic mass is 127. The molecule has 0 aliphatic carbocycles. The molecule has 0 bridgehead atoms. The molecule has 1 aliphatic heterocycles. The Balaban J connectivity index is 0.00000256. The van der Waals surface area contributed by atoms with Crippen molar-refractivity contribution in [3.05, 3.63) is 0 Å². The van der Waals surface area contributed by atoms with E-state index >= 15 is 0 Å². The monoisotopic (exact) mass is 375 g/mol. The topological polar surface area (TPSA) is 65.9 Å². The summed E-state index contributed by atoms with van der Waals surface area (Å²) in [6.07, 6.45) is 0.847. The van der Waals surface area contributed by atoms with E-state index in [1.807, 2.05) is 0 Å². The van der Waals surface area contributed by atoms with E-state index in [2.05, 4.69) is 15.6 Å². The van der Waals surface area contributed by atoms with Crippen LogP contribution in [0.1, 0.15) is 6.42 Å². The van der Waals surface area contributed by atoms with Gasteiger partial charge in [-0.3, -0.25) is 4.99 Å². The molecule has 17 heavy (non-hydrogen) atoms. The number of aliphatic hydroxyl groups is 1. The molecule has 1 fully saturated rings. The first-order chi connectivity index (χ1) is 7.70. The van der Waals surface area contributed by atoms with Crippen molar-refractivity contribution in [3.8, 4) is 0 Å². The van der Waals surface area contributed by atoms with Gasteiger partial charge in [-0.2, -0.15) is 11.8 Å². The van der Waals surface area contributed by atoms with Gasteiger partial charge in [0.25, 0.3) is 0 Å². The van der Waals surface area contributed by atoms with E-state index in [1.54, 1.807) is 25.9 Å². The van der Waals surface area contributed by atoms with Crippen molar-refractivity contribution in [1.82, 2.24) is 10.6 Å². The largest absolute Gasteiger partial charge is 0.387 e. The summed E-state index contributed by atoms with van der Waals surface area (Å²) in [6.45, 7) is 1.90. The smallest absolute Gasteiger partial charge is 0.191 e. The number of methoxy groups -OCH3 is 1. The number of halogens is 1. The Morgan fingerprint density at radius 3 is 2.82 bits per heavy atom. The molecule has 7 heteroatoms. The highest BCUT2D eigenvalue weighted by Crippen LogP contribution is 2.26. The van der Waals surface area contributed by atoms with Crippen molar-refractivity contribution in [2.75, 3.05) is 45.4 Å². The summed E-state index contributed by atoms with van der Waals surface area (Å²) in [5.74, 6) is 2.55. The third-order valence-electron chi connectivity index (χ3n) is 2.49. The van der Waals surface area contributed by atoms with Gasteiger partial charge >= 0.3 is 0 Å². The van der Waals surface area contributed by atoms with Gasteiger partial charge in [-0.1, -0.05) is 0 Å². The molecule has 1 unspecified atom stereocenters. The zero-order chi connectivity index (χ0) is 11.9. The predicted molar refractivity (Wildman–Crippen MR) is 83.5 cm³/mol. The van der Waals surface area contributed by atoms with Gasteiger partial charge in [0.15, 0.2) is 5.96 Å². The molecule has 102 valence electrons. The molecule has 0 aromatic carbocycles. The molecular formula is C10H22IN3O2S. The lowest BCUT2D eigenvalue weighted by molar-refractivity contribution is 0.0724. The van der Waals surface area contributed by atoms with Crippen LogP contribution in [-0.4, -0.2) is 62.0 Å². The number of aliphatic imine (C=N–C) groups is 1. The maximum Gasteiger partial charge on any atom is 0.191 e. The molecule has 1 atom stereocenters. The van der Waals surface area contributed by atoms with Crippen LogP contribution in [0, 0.1) is 0 Å². The quantitative estimate of drug-likeness (QED) is 0.279. The van der Waals surface area contributed by atoms with Crippen molar-refractivity contribution in [2.24, 2.45) is 4.99 Å². The number of ether oxygens (including phenoxy) is 1. The molecular weight excluding hydrogens is 353 g/mol. The van der Waals surface area contributed by atoms with Crippen LogP contribution >= 0.6 is 35.7 Å². The minimum absolute atomic E-state index is 0. The second-order valence-electron chi connectivity index (χ2n) is 3.87. The molecule has 0 saturated carbocycles. The maximum absolute atomic E-state index is 10.1. The van der Waals surface area contributed by atoms with E-state index in [9.17, 15) is 5.11 Å². The minimum Gasteiger partial charge on any atom is -0.387 e. The lowest BCUT2D eigenvalue weighted by Crippen LogP contribution is -2.47. The first kappa shape index (κ1) is 17.3. The Bertz CT molecular complexity index is 236. The highest BCUT2D eigenvalue weighted by Gasteiger charge is 2.31. The number of thioether (sulfide) groups is 1. The Morgan fingerprint density at radius 1 is 1.53 bits per heavy atom. The fourth-order valence-electron chi connectivity index (χ4n) is 1.48. The maximum atomic E-state index is 10.1. The van der Waals surface area contributed by atoms with Crippen molar-refractivity contribution >= 4 is 41.7 Å². The summed E-state index contributed by atoms with van der Waals surface area (Å²) in [6, 6.07) is 0. The van der Waals surface area contributed by atoms with Crippen LogP contribution in [0.2, 0.25) is 0 Å². The molecule has 3 N–H and O–H groups in total. The van der Waals surface area contributed by atoms with Crippen LogP contribution in [0.4, 0.5) is 0 Å². The second-order valence-corrected chi connectivity index (χ2v) is 4.98. The molecule has 0 spiro atoms. The van der Waals surface area contributed by atoms with E-state index in [0.717, 1.165) is 17.9 Å². The fourth-order valence-corrected chi connectivity index (χ4v) is 2.77. The van der Waals surface area contributed by atoms with Gasteiger partial charge in [-0.15, -0.1) is 24.0 Å². The molecule has 0 aromatic rings.